The maximum Gasteiger partial charge on any atom is 0.264 e. The van der Waals surface area contributed by atoms with Gasteiger partial charge in [-0.25, -0.2) is 8.42 Å². The van der Waals surface area contributed by atoms with Gasteiger partial charge in [-0.1, -0.05) is 55.2 Å². The summed E-state index contributed by atoms with van der Waals surface area (Å²) in [7, 11) is -3.87. The fourth-order valence-corrected chi connectivity index (χ4v) is 6.74. The van der Waals surface area contributed by atoms with Gasteiger partial charge in [0, 0.05) is 11.8 Å². The molecule has 0 unspecified atom stereocenters. The van der Waals surface area contributed by atoms with Crippen molar-refractivity contribution in [3.63, 3.8) is 0 Å². The lowest BCUT2D eigenvalue weighted by atomic mass is 10.0. The van der Waals surface area contributed by atoms with E-state index in [1.807, 2.05) is 37.7 Å². The molecule has 1 aliphatic carbocycles. The van der Waals surface area contributed by atoms with E-state index in [4.69, 9.17) is 0 Å². The van der Waals surface area contributed by atoms with Crippen LogP contribution in [-0.4, -0.2) is 38.4 Å². The summed E-state index contributed by atoms with van der Waals surface area (Å²) in [6, 6.07) is 14.0. The first-order valence-electron chi connectivity index (χ1n) is 11.4. The third-order valence-electron chi connectivity index (χ3n) is 5.83. The number of aryl methyl sites for hydroxylation is 2. The average molecular weight is 475 g/mol. The van der Waals surface area contributed by atoms with Crippen molar-refractivity contribution >= 4 is 33.4 Å². The van der Waals surface area contributed by atoms with Gasteiger partial charge in [0.15, 0.2) is 0 Å². The minimum Gasteiger partial charge on any atom is -0.354 e. The van der Waals surface area contributed by atoms with E-state index >= 15 is 0 Å². The number of thioether (sulfide) groups is 1. The van der Waals surface area contributed by atoms with E-state index in [2.05, 4.69) is 5.32 Å². The third-order valence-corrected chi connectivity index (χ3v) is 9.07. The van der Waals surface area contributed by atoms with Crippen LogP contribution in [0, 0.1) is 13.8 Å². The van der Waals surface area contributed by atoms with Crippen LogP contribution in [0.4, 0.5) is 5.69 Å². The summed E-state index contributed by atoms with van der Waals surface area (Å²) < 4.78 is 28.1. The van der Waals surface area contributed by atoms with E-state index in [9.17, 15) is 13.2 Å². The van der Waals surface area contributed by atoms with Crippen molar-refractivity contribution in [3.05, 3.63) is 59.7 Å². The van der Waals surface area contributed by atoms with Gasteiger partial charge in [-0.2, -0.15) is 11.8 Å². The summed E-state index contributed by atoms with van der Waals surface area (Å²) in [6.07, 6.45) is 7.52. The number of hydrogen-bond donors (Lipinski definition) is 1. The lowest BCUT2D eigenvalue weighted by Crippen LogP contribution is -2.41. The highest BCUT2D eigenvalue weighted by atomic mass is 32.2. The Morgan fingerprint density at radius 2 is 1.72 bits per heavy atom. The van der Waals surface area contributed by atoms with Gasteiger partial charge in [-0.05, 0) is 62.6 Å². The van der Waals surface area contributed by atoms with Crippen LogP contribution in [-0.2, 0) is 14.8 Å². The monoisotopic (exact) mass is 474 g/mol. The molecule has 174 valence electrons. The second-order valence-electron chi connectivity index (χ2n) is 8.45. The molecule has 2 aromatic rings. The number of nitrogens with one attached hydrogen (secondary N) is 1. The molecule has 2 aromatic carbocycles. The highest BCUT2D eigenvalue weighted by Gasteiger charge is 2.28. The Morgan fingerprint density at radius 1 is 1.03 bits per heavy atom. The van der Waals surface area contributed by atoms with Gasteiger partial charge in [0.25, 0.3) is 10.0 Å². The van der Waals surface area contributed by atoms with E-state index in [0.29, 0.717) is 12.2 Å². The number of sulfonamides is 1. The average Bonchev–Trinajstić information content (AvgIpc) is 2.79. The Bertz CT molecular complexity index is 985. The molecule has 0 saturated heterocycles. The van der Waals surface area contributed by atoms with Crippen LogP contribution in [0.25, 0.3) is 0 Å². The zero-order valence-corrected chi connectivity index (χ0v) is 20.7. The van der Waals surface area contributed by atoms with Crippen LogP contribution in [0.3, 0.4) is 0 Å². The molecule has 5 nitrogen and oxygen atoms in total. The molecule has 1 N–H and O–H groups in total. The van der Waals surface area contributed by atoms with Gasteiger partial charge < -0.3 is 5.32 Å². The Balaban J connectivity index is 1.63. The van der Waals surface area contributed by atoms with Crippen molar-refractivity contribution in [2.75, 3.05) is 23.1 Å². The van der Waals surface area contributed by atoms with E-state index in [-0.39, 0.29) is 17.3 Å². The first-order valence-corrected chi connectivity index (χ1v) is 13.9. The van der Waals surface area contributed by atoms with Crippen molar-refractivity contribution in [1.82, 2.24) is 5.32 Å². The number of amides is 1. The smallest absolute Gasteiger partial charge is 0.264 e. The molecule has 0 spiro atoms. The summed E-state index contributed by atoms with van der Waals surface area (Å²) in [4.78, 5) is 12.9. The van der Waals surface area contributed by atoms with Gasteiger partial charge in [0.1, 0.15) is 6.54 Å². The van der Waals surface area contributed by atoms with Crippen LogP contribution in [0.2, 0.25) is 0 Å². The highest BCUT2D eigenvalue weighted by molar-refractivity contribution is 7.99. The predicted octanol–water partition coefficient (Wildman–Crippen LogP) is 5.07. The number of benzene rings is 2. The quantitative estimate of drug-likeness (QED) is 0.488. The second kappa shape index (κ2) is 11.8. The van der Waals surface area contributed by atoms with Gasteiger partial charge >= 0.3 is 0 Å². The summed E-state index contributed by atoms with van der Waals surface area (Å²) in [5.74, 6) is 0.736. The molecule has 0 aromatic heterocycles. The summed E-state index contributed by atoms with van der Waals surface area (Å²) in [6.45, 7) is 4.09. The molecule has 0 aliphatic heterocycles. The first-order chi connectivity index (χ1) is 15.4. The van der Waals surface area contributed by atoms with E-state index in [1.54, 1.807) is 36.4 Å². The molecular formula is C25H34N2O3S2. The fraction of sp³-hybridized carbons (Fsp3) is 0.480. The fourth-order valence-electron chi connectivity index (χ4n) is 3.95. The second-order valence-corrected chi connectivity index (χ2v) is 11.7. The molecule has 1 saturated carbocycles. The number of carbonyl (C=O) groups excluding carboxylic acids is 1. The number of nitrogens with zero attached hydrogens (tertiary/aromatic N) is 1. The molecule has 1 aliphatic rings. The summed E-state index contributed by atoms with van der Waals surface area (Å²) in [5.41, 5.74) is 2.31. The van der Waals surface area contributed by atoms with Crippen molar-refractivity contribution < 1.29 is 13.2 Å². The lowest BCUT2D eigenvalue weighted by molar-refractivity contribution is -0.119. The zero-order chi connectivity index (χ0) is 23.0. The van der Waals surface area contributed by atoms with Crippen LogP contribution in [0.15, 0.2) is 53.4 Å². The Morgan fingerprint density at radius 3 is 2.41 bits per heavy atom. The SMILES string of the molecule is Cc1ccc(S(=O)(=O)N(CC(=O)NCCCSC2CCCCC2)c2ccccc2C)cc1. The number of para-hydroxylation sites is 1. The molecule has 0 bridgehead atoms. The molecule has 0 heterocycles. The highest BCUT2D eigenvalue weighted by Crippen LogP contribution is 2.29. The standard InChI is InChI=1S/C25H34N2O3S2/c1-20-13-15-23(16-14-20)32(29,30)27(24-12-7-6-9-21(24)2)19-25(28)26-17-8-18-31-22-10-4-3-5-11-22/h6-7,9,12-16,22H,3-5,8,10-11,17-19H2,1-2H3,(H,26,28). The van der Waals surface area contributed by atoms with Crippen LogP contribution in [0.1, 0.15) is 49.7 Å². The van der Waals surface area contributed by atoms with Gasteiger partial charge in [-0.3, -0.25) is 9.10 Å². The van der Waals surface area contributed by atoms with Crippen molar-refractivity contribution in [3.8, 4) is 0 Å². The third kappa shape index (κ3) is 6.75. The largest absolute Gasteiger partial charge is 0.354 e. The Hall–Kier alpha value is -1.99. The van der Waals surface area contributed by atoms with Gasteiger partial charge in [-0.15, -0.1) is 0 Å². The topological polar surface area (TPSA) is 66.5 Å². The van der Waals surface area contributed by atoms with Crippen molar-refractivity contribution in [2.45, 2.75) is 62.5 Å². The number of hydrogen-bond acceptors (Lipinski definition) is 4. The zero-order valence-electron chi connectivity index (χ0n) is 19.0. The van der Waals surface area contributed by atoms with Crippen LogP contribution < -0.4 is 9.62 Å². The lowest BCUT2D eigenvalue weighted by Gasteiger charge is -2.25. The van der Waals surface area contributed by atoms with E-state index in [1.165, 1.54) is 36.4 Å². The molecule has 3 rings (SSSR count). The molecule has 32 heavy (non-hydrogen) atoms. The first kappa shape index (κ1) is 24.6. The van der Waals surface area contributed by atoms with Crippen molar-refractivity contribution in [1.29, 1.82) is 0 Å². The molecule has 1 fully saturated rings. The Kier molecular flexibility index (Phi) is 9.05. The van der Waals surface area contributed by atoms with Gasteiger partial charge in [0.2, 0.25) is 5.91 Å². The van der Waals surface area contributed by atoms with E-state index < -0.39 is 10.0 Å². The number of carbonyl (C=O) groups is 1. The normalized spacial score (nSPS) is 14.8. The maximum absolute atomic E-state index is 13.4. The molecular weight excluding hydrogens is 440 g/mol. The molecule has 7 heteroatoms. The number of rotatable bonds is 10. The Labute approximate surface area is 197 Å². The number of anilines is 1. The predicted molar refractivity (Wildman–Crippen MR) is 134 cm³/mol. The molecule has 0 atom stereocenters. The van der Waals surface area contributed by atoms with Crippen molar-refractivity contribution in [2.24, 2.45) is 0 Å². The van der Waals surface area contributed by atoms with E-state index in [0.717, 1.165) is 28.6 Å². The van der Waals surface area contributed by atoms with Gasteiger partial charge in [0.05, 0.1) is 10.6 Å². The van der Waals surface area contributed by atoms with Crippen LogP contribution >= 0.6 is 11.8 Å². The minimum atomic E-state index is -3.87. The molecule has 1 amide bonds. The molecule has 0 radical (unpaired) electrons. The maximum atomic E-state index is 13.4. The summed E-state index contributed by atoms with van der Waals surface area (Å²) in [5, 5.41) is 3.67. The summed E-state index contributed by atoms with van der Waals surface area (Å²) >= 11 is 2.01. The minimum absolute atomic E-state index is 0.183. The van der Waals surface area contributed by atoms with Crippen LogP contribution in [0.5, 0.6) is 0 Å².